The summed E-state index contributed by atoms with van der Waals surface area (Å²) in [6, 6.07) is 6.33. The molecule has 0 aliphatic carbocycles. The van der Waals surface area contributed by atoms with E-state index >= 15 is 0 Å². The van der Waals surface area contributed by atoms with Gasteiger partial charge >= 0.3 is 0 Å². The Morgan fingerprint density at radius 1 is 1.25 bits per heavy atom. The molecule has 0 bridgehead atoms. The summed E-state index contributed by atoms with van der Waals surface area (Å²) in [7, 11) is 8.02. The zero-order chi connectivity index (χ0) is 16.8. The third kappa shape index (κ3) is 6.12. The quantitative estimate of drug-likeness (QED) is 0.395. The fourth-order valence-corrected chi connectivity index (χ4v) is 2.69. The van der Waals surface area contributed by atoms with E-state index in [1.54, 1.807) is 0 Å². The van der Waals surface area contributed by atoms with Crippen molar-refractivity contribution in [3.63, 3.8) is 0 Å². The van der Waals surface area contributed by atoms with Gasteiger partial charge < -0.3 is 19.3 Å². The van der Waals surface area contributed by atoms with E-state index in [0.717, 1.165) is 36.9 Å². The van der Waals surface area contributed by atoms with Crippen molar-refractivity contribution in [2.24, 2.45) is 10.9 Å². The molecular formula is C18H30IN3O2. The molecule has 2 rings (SSSR count). The highest BCUT2D eigenvalue weighted by Crippen LogP contribution is 2.23. The number of guanidine groups is 1. The molecule has 5 nitrogen and oxygen atoms in total. The Morgan fingerprint density at radius 3 is 2.54 bits per heavy atom. The first kappa shape index (κ1) is 21.0. The van der Waals surface area contributed by atoms with E-state index in [2.05, 4.69) is 25.1 Å². The Hall–Kier alpha value is -1.02. The van der Waals surface area contributed by atoms with Gasteiger partial charge in [0.05, 0.1) is 19.8 Å². The van der Waals surface area contributed by atoms with Gasteiger partial charge in [0.1, 0.15) is 5.75 Å². The average Bonchev–Trinajstić information content (AvgIpc) is 2.99. The van der Waals surface area contributed by atoms with Crippen LogP contribution in [-0.4, -0.2) is 63.8 Å². The second kappa shape index (κ2) is 10.1. The molecular weight excluding hydrogens is 417 g/mol. The molecule has 1 atom stereocenters. The van der Waals surface area contributed by atoms with Crippen molar-refractivity contribution >= 4 is 29.9 Å². The SMILES string of the molecule is Cc1ccc(CN=C(N(C)C)N(C)C)c(OCC2CCOC2)c1.I. The monoisotopic (exact) mass is 447 g/mol. The summed E-state index contributed by atoms with van der Waals surface area (Å²) >= 11 is 0. The standard InChI is InChI=1S/C18H29N3O2.HI/c1-14-6-7-16(11-19-18(20(2)3)21(4)5)17(10-14)23-13-15-8-9-22-12-15;/h6-7,10,15H,8-9,11-13H2,1-5H3;1H. The number of nitrogens with zero attached hydrogens (tertiary/aromatic N) is 3. The first-order valence-corrected chi connectivity index (χ1v) is 8.16. The van der Waals surface area contributed by atoms with Crippen molar-refractivity contribution in [2.75, 3.05) is 48.0 Å². The van der Waals surface area contributed by atoms with Crippen LogP contribution in [0.25, 0.3) is 0 Å². The van der Waals surface area contributed by atoms with E-state index in [-0.39, 0.29) is 24.0 Å². The van der Waals surface area contributed by atoms with Crippen LogP contribution in [0.15, 0.2) is 23.2 Å². The maximum absolute atomic E-state index is 6.08. The van der Waals surface area contributed by atoms with Crippen molar-refractivity contribution in [2.45, 2.75) is 19.9 Å². The molecule has 1 heterocycles. The van der Waals surface area contributed by atoms with Gasteiger partial charge in [0.15, 0.2) is 5.96 Å². The molecule has 0 amide bonds. The van der Waals surface area contributed by atoms with Crippen LogP contribution in [0.4, 0.5) is 0 Å². The Morgan fingerprint density at radius 2 is 1.96 bits per heavy atom. The number of aliphatic imine (C=N–C) groups is 1. The van der Waals surface area contributed by atoms with Crippen LogP contribution in [0.5, 0.6) is 5.75 Å². The molecule has 0 radical (unpaired) electrons. The van der Waals surface area contributed by atoms with Crippen LogP contribution < -0.4 is 4.74 Å². The zero-order valence-corrected chi connectivity index (χ0v) is 17.7. The maximum atomic E-state index is 6.08. The number of hydrogen-bond acceptors (Lipinski definition) is 3. The van der Waals surface area contributed by atoms with Crippen LogP contribution in [-0.2, 0) is 11.3 Å². The maximum Gasteiger partial charge on any atom is 0.195 e. The summed E-state index contributed by atoms with van der Waals surface area (Å²) in [5.41, 5.74) is 2.33. The van der Waals surface area contributed by atoms with Gasteiger partial charge in [-0.25, -0.2) is 4.99 Å². The van der Waals surface area contributed by atoms with Crippen molar-refractivity contribution in [1.82, 2.24) is 9.80 Å². The Balaban J connectivity index is 0.00000288. The lowest BCUT2D eigenvalue weighted by atomic mass is 10.1. The number of halogens is 1. The van der Waals surface area contributed by atoms with E-state index in [1.165, 1.54) is 5.56 Å². The summed E-state index contributed by atoms with van der Waals surface area (Å²) in [5, 5.41) is 0. The lowest BCUT2D eigenvalue weighted by Crippen LogP contribution is -2.35. The highest BCUT2D eigenvalue weighted by Gasteiger charge is 2.17. The van der Waals surface area contributed by atoms with Gasteiger partial charge in [-0.2, -0.15) is 0 Å². The molecule has 1 fully saturated rings. The molecule has 1 aromatic carbocycles. The van der Waals surface area contributed by atoms with Crippen molar-refractivity contribution in [1.29, 1.82) is 0 Å². The van der Waals surface area contributed by atoms with Crippen LogP contribution in [0.1, 0.15) is 17.5 Å². The largest absolute Gasteiger partial charge is 0.493 e. The minimum absolute atomic E-state index is 0. The minimum atomic E-state index is 0. The molecule has 0 N–H and O–H groups in total. The van der Waals surface area contributed by atoms with Crippen LogP contribution in [0.3, 0.4) is 0 Å². The van der Waals surface area contributed by atoms with Gasteiger partial charge in [-0.15, -0.1) is 24.0 Å². The fraction of sp³-hybridized carbons (Fsp3) is 0.611. The molecule has 1 aliphatic heterocycles. The van der Waals surface area contributed by atoms with E-state index in [0.29, 0.717) is 19.1 Å². The van der Waals surface area contributed by atoms with E-state index in [9.17, 15) is 0 Å². The smallest absolute Gasteiger partial charge is 0.195 e. The third-order valence-electron chi connectivity index (χ3n) is 3.91. The first-order valence-electron chi connectivity index (χ1n) is 8.16. The van der Waals surface area contributed by atoms with Crippen LogP contribution >= 0.6 is 24.0 Å². The molecule has 1 unspecified atom stereocenters. The summed E-state index contributed by atoms with van der Waals surface area (Å²) in [4.78, 5) is 8.76. The molecule has 1 saturated heterocycles. The summed E-state index contributed by atoms with van der Waals surface area (Å²) < 4.78 is 11.5. The highest BCUT2D eigenvalue weighted by molar-refractivity contribution is 14.0. The van der Waals surface area contributed by atoms with Crippen molar-refractivity contribution in [3.8, 4) is 5.75 Å². The Labute approximate surface area is 163 Å². The molecule has 24 heavy (non-hydrogen) atoms. The average molecular weight is 447 g/mol. The van der Waals surface area contributed by atoms with Gasteiger partial charge in [0.2, 0.25) is 0 Å². The Bertz CT molecular complexity index is 531. The first-order chi connectivity index (χ1) is 11.0. The number of ether oxygens (including phenoxy) is 2. The molecule has 1 aromatic rings. The zero-order valence-electron chi connectivity index (χ0n) is 15.4. The molecule has 0 spiro atoms. The lowest BCUT2D eigenvalue weighted by Gasteiger charge is -2.23. The summed E-state index contributed by atoms with van der Waals surface area (Å²) in [6.07, 6.45) is 1.09. The second-order valence-electron chi connectivity index (χ2n) is 6.56. The lowest BCUT2D eigenvalue weighted by molar-refractivity contribution is 0.166. The van der Waals surface area contributed by atoms with Crippen LogP contribution in [0, 0.1) is 12.8 Å². The topological polar surface area (TPSA) is 37.3 Å². The van der Waals surface area contributed by atoms with Gasteiger partial charge in [-0.1, -0.05) is 12.1 Å². The predicted molar refractivity (Wildman–Crippen MR) is 110 cm³/mol. The van der Waals surface area contributed by atoms with Gasteiger partial charge in [-0.05, 0) is 25.0 Å². The fourth-order valence-electron chi connectivity index (χ4n) is 2.69. The normalized spacial score (nSPS) is 16.3. The molecule has 0 aromatic heterocycles. The van der Waals surface area contributed by atoms with Gasteiger partial charge in [-0.3, -0.25) is 0 Å². The van der Waals surface area contributed by atoms with E-state index in [1.807, 2.05) is 38.0 Å². The van der Waals surface area contributed by atoms with Crippen LogP contribution in [0.2, 0.25) is 0 Å². The van der Waals surface area contributed by atoms with E-state index < -0.39 is 0 Å². The number of benzene rings is 1. The Kier molecular flexibility index (Phi) is 8.83. The summed E-state index contributed by atoms with van der Waals surface area (Å²) in [6.45, 7) is 5.08. The predicted octanol–water partition coefficient (Wildman–Crippen LogP) is 3.01. The molecule has 6 heteroatoms. The summed E-state index contributed by atoms with van der Waals surface area (Å²) in [5.74, 6) is 2.39. The second-order valence-corrected chi connectivity index (χ2v) is 6.56. The number of aryl methyl sites for hydroxylation is 1. The highest BCUT2D eigenvalue weighted by atomic mass is 127. The van der Waals surface area contributed by atoms with Crippen molar-refractivity contribution < 1.29 is 9.47 Å². The number of hydrogen-bond donors (Lipinski definition) is 0. The molecule has 1 aliphatic rings. The molecule has 136 valence electrons. The third-order valence-corrected chi connectivity index (χ3v) is 3.91. The minimum Gasteiger partial charge on any atom is -0.493 e. The van der Waals surface area contributed by atoms with E-state index in [4.69, 9.17) is 14.5 Å². The van der Waals surface area contributed by atoms with Gasteiger partial charge in [0, 0.05) is 46.3 Å². The number of rotatable bonds is 5. The van der Waals surface area contributed by atoms with Gasteiger partial charge in [0.25, 0.3) is 0 Å². The molecule has 0 saturated carbocycles. The van der Waals surface area contributed by atoms with Crippen molar-refractivity contribution in [3.05, 3.63) is 29.3 Å².